The summed E-state index contributed by atoms with van der Waals surface area (Å²) in [6.07, 6.45) is 4.15. The second kappa shape index (κ2) is 10.1. The largest absolute Gasteiger partial charge is 0.365 e. The van der Waals surface area contributed by atoms with Crippen LogP contribution >= 0.6 is 11.3 Å². The van der Waals surface area contributed by atoms with Gasteiger partial charge in [0.05, 0.1) is 10.5 Å². The number of benzene rings is 1. The predicted octanol–water partition coefficient (Wildman–Crippen LogP) is 4.03. The first-order valence-corrected chi connectivity index (χ1v) is 13.3. The van der Waals surface area contributed by atoms with Crippen LogP contribution < -0.4 is 11.1 Å². The number of hydrogen-bond donors (Lipinski definition) is 2. The standard InChI is InChI=1S/C23H31N3O4S2/c1-4-12-26(13-5-2)32(29,30)17-9-7-16(8-10-17)22(28)25-23-20(21(24)27)18-14-15(3)6-11-19(18)31-23/h7-10,15H,4-6,11-14H2,1-3H3,(H2,24,27)(H,25,28)/t15-/m1/s1. The quantitative estimate of drug-likeness (QED) is 0.568. The maximum absolute atomic E-state index is 12.9. The Labute approximate surface area is 194 Å². The van der Waals surface area contributed by atoms with Crippen LogP contribution in [0, 0.1) is 5.92 Å². The summed E-state index contributed by atoms with van der Waals surface area (Å²) >= 11 is 1.40. The van der Waals surface area contributed by atoms with E-state index in [0.717, 1.165) is 42.5 Å². The van der Waals surface area contributed by atoms with Crippen molar-refractivity contribution < 1.29 is 18.0 Å². The first-order chi connectivity index (χ1) is 15.2. The van der Waals surface area contributed by atoms with Crippen molar-refractivity contribution in [3.8, 4) is 0 Å². The van der Waals surface area contributed by atoms with Gasteiger partial charge in [0, 0.05) is 23.5 Å². The first kappa shape index (κ1) is 24.4. The number of nitrogens with zero attached hydrogens (tertiary/aromatic N) is 1. The third-order valence-corrected chi connectivity index (χ3v) is 8.80. The molecule has 2 amide bonds. The van der Waals surface area contributed by atoms with E-state index in [0.29, 0.717) is 35.1 Å². The van der Waals surface area contributed by atoms with Crippen molar-refractivity contribution in [3.63, 3.8) is 0 Å². The molecule has 0 radical (unpaired) electrons. The number of carbonyl (C=O) groups excluding carboxylic acids is 2. The highest BCUT2D eigenvalue weighted by Crippen LogP contribution is 2.39. The molecule has 0 fully saturated rings. The summed E-state index contributed by atoms with van der Waals surface area (Å²) in [5.74, 6) is -0.476. The molecule has 0 saturated heterocycles. The summed E-state index contributed by atoms with van der Waals surface area (Å²) < 4.78 is 27.3. The zero-order valence-corrected chi connectivity index (χ0v) is 20.4. The van der Waals surface area contributed by atoms with Crippen LogP contribution in [0.2, 0.25) is 0 Å². The molecule has 1 aromatic heterocycles. The molecule has 0 saturated carbocycles. The van der Waals surface area contributed by atoms with Gasteiger partial charge in [0.15, 0.2) is 0 Å². The van der Waals surface area contributed by atoms with Crippen molar-refractivity contribution in [1.82, 2.24) is 4.31 Å². The van der Waals surface area contributed by atoms with Gasteiger partial charge in [-0.3, -0.25) is 9.59 Å². The Morgan fingerprint density at radius 1 is 1.16 bits per heavy atom. The highest BCUT2D eigenvalue weighted by molar-refractivity contribution is 7.89. The number of primary amides is 1. The van der Waals surface area contributed by atoms with E-state index < -0.39 is 21.8 Å². The van der Waals surface area contributed by atoms with Gasteiger partial charge in [0.1, 0.15) is 5.00 Å². The van der Waals surface area contributed by atoms with Crippen LogP contribution in [0.15, 0.2) is 29.2 Å². The van der Waals surface area contributed by atoms with Gasteiger partial charge in [-0.2, -0.15) is 4.31 Å². The van der Waals surface area contributed by atoms with E-state index in [1.54, 1.807) is 0 Å². The Morgan fingerprint density at radius 2 is 1.78 bits per heavy atom. The van der Waals surface area contributed by atoms with E-state index in [-0.39, 0.29) is 4.90 Å². The highest BCUT2D eigenvalue weighted by atomic mass is 32.2. The normalized spacial score (nSPS) is 16.1. The van der Waals surface area contributed by atoms with Crippen LogP contribution in [0.1, 0.15) is 71.2 Å². The lowest BCUT2D eigenvalue weighted by Gasteiger charge is -2.21. The molecule has 1 aromatic carbocycles. The molecule has 0 aliphatic heterocycles. The van der Waals surface area contributed by atoms with Crippen LogP contribution in [0.4, 0.5) is 5.00 Å². The van der Waals surface area contributed by atoms with E-state index >= 15 is 0 Å². The minimum atomic E-state index is -3.61. The van der Waals surface area contributed by atoms with E-state index in [9.17, 15) is 18.0 Å². The number of nitrogens with one attached hydrogen (secondary N) is 1. The summed E-state index contributed by atoms with van der Waals surface area (Å²) in [6.45, 7) is 6.93. The first-order valence-electron chi connectivity index (χ1n) is 11.0. The van der Waals surface area contributed by atoms with Crippen LogP contribution in [0.25, 0.3) is 0 Å². The Morgan fingerprint density at radius 3 is 2.34 bits per heavy atom. The van der Waals surface area contributed by atoms with E-state index in [1.807, 2.05) is 13.8 Å². The molecule has 3 rings (SSSR count). The van der Waals surface area contributed by atoms with Gasteiger partial charge in [-0.25, -0.2) is 8.42 Å². The Bertz CT molecular complexity index is 1090. The molecular weight excluding hydrogens is 446 g/mol. The predicted molar refractivity (Wildman–Crippen MR) is 128 cm³/mol. The van der Waals surface area contributed by atoms with Crippen molar-refractivity contribution in [2.75, 3.05) is 18.4 Å². The van der Waals surface area contributed by atoms with E-state index in [4.69, 9.17) is 5.73 Å². The smallest absolute Gasteiger partial charge is 0.256 e. The number of anilines is 1. The molecule has 9 heteroatoms. The number of amides is 2. The summed E-state index contributed by atoms with van der Waals surface area (Å²) in [5, 5.41) is 3.29. The number of thiophene rings is 1. The topological polar surface area (TPSA) is 110 Å². The van der Waals surface area contributed by atoms with Crippen molar-refractivity contribution in [3.05, 3.63) is 45.8 Å². The number of aryl methyl sites for hydroxylation is 1. The molecule has 7 nitrogen and oxygen atoms in total. The number of hydrogen-bond acceptors (Lipinski definition) is 5. The number of sulfonamides is 1. The van der Waals surface area contributed by atoms with E-state index in [2.05, 4.69) is 12.2 Å². The second-order valence-corrected chi connectivity index (χ2v) is 11.3. The number of nitrogens with two attached hydrogens (primary N) is 1. The van der Waals surface area contributed by atoms with Gasteiger partial charge >= 0.3 is 0 Å². The maximum Gasteiger partial charge on any atom is 0.256 e. The lowest BCUT2D eigenvalue weighted by molar-refractivity contribution is 0.1000. The molecule has 2 aromatic rings. The fourth-order valence-corrected chi connectivity index (χ4v) is 6.93. The average Bonchev–Trinajstić information content (AvgIpc) is 3.10. The number of rotatable bonds is 9. The van der Waals surface area contributed by atoms with Gasteiger partial charge in [-0.05, 0) is 67.9 Å². The SMILES string of the molecule is CCCN(CCC)S(=O)(=O)c1ccc(C(=O)Nc2sc3c(c2C(N)=O)C[C@H](C)CC3)cc1. The lowest BCUT2D eigenvalue weighted by atomic mass is 9.87. The van der Waals surface area contributed by atoms with Crippen molar-refractivity contribution in [2.24, 2.45) is 11.7 Å². The maximum atomic E-state index is 12.9. The summed E-state index contributed by atoms with van der Waals surface area (Å²) in [5.41, 5.74) is 7.30. The molecule has 1 aliphatic carbocycles. The minimum Gasteiger partial charge on any atom is -0.365 e. The Kier molecular flexibility index (Phi) is 7.74. The molecular formula is C23H31N3O4S2. The lowest BCUT2D eigenvalue weighted by Crippen LogP contribution is -2.32. The molecule has 1 aliphatic rings. The molecule has 32 heavy (non-hydrogen) atoms. The molecule has 0 unspecified atom stereocenters. The van der Waals surface area contributed by atoms with Crippen molar-refractivity contribution in [2.45, 2.75) is 57.8 Å². The van der Waals surface area contributed by atoms with Crippen LogP contribution in [0.3, 0.4) is 0 Å². The summed E-state index contributed by atoms with van der Waals surface area (Å²) in [6, 6.07) is 5.91. The van der Waals surface area contributed by atoms with Crippen LogP contribution in [0.5, 0.6) is 0 Å². The fourth-order valence-electron chi connectivity index (χ4n) is 4.06. The third-order valence-electron chi connectivity index (χ3n) is 5.68. The van der Waals surface area contributed by atoms with Gasteiger partial charge < -0.3 is 11.1 Å². The molecule has 174 valence electrons. The molecule has 1 atom stereocenters. The van der Waals surface area contributed by atoms with Gasteiger partial charge in [-0.1, -0.05) is 20.8 Å². The Balaban J connectivity index is 1.82. The monoisotopic (exact) mass is 477 g/mol. The number of carbonyl (C=O) groups is 2. The van der Waals surface area contributed by atoms with Crippen molar-refractivity contribution >= 4 is 38.2 Å². The van der Waals surface area contributed by atoms with E-state index in [1.165, 1.54) is 39.9 Å². The second-order valence-electron chi connectivity index (χ2n) is 8.30. The Hall–Kier alpha value is -2.23. The summed E-state index contributed by atoms with van der Waals surface area (Å²) in [4.78, 5) is 26.2. The van der Waals surface area contributed by atoms with Crippen LogP contribution in [-0.4, -0.2) is 37.6 Å². The zero-order valence-electron chi connectivity index (χ0n) is 18.8. The average molecular weight is 478 g/mol. The minimum absolute atomic E-state index is 0.161. The summed E-state index contributed by atoms with van der Waals surface area (Å²) in [7, 11) is -3.61. The van der Waals surface area contributed by atoms with Crippen molar-refractivity contribution in [1.29, 1.82) is 0 Å². The van der Waals surface area contributed by atoms with Gasteiger partial charge in [-0.15, -0.1) is 11.3 Å². The molecule has 0 bridgehead atoms. The fraction of sp³-hybridized carbons (Fsp3) is 0.478. The zero-order chi connectivity index (χ0) is 23.5. The molecule has 0 spiro atoms. The van der Waals surface area contributed by atoms with Gasteiger partial charge in [0.25, 0.3) is 11.8 Å². The molecule has 1 heterocycles. The number of fused-ring (bicyclic) bond motifs is 1. The molecule has 3 N–H and O–H groups in total. The van der Waals surface area contributed by atoms with Gasteiger partial charge in [0.2, 0.25) is 10.0 Å². The third kappa shape index (κ3) is 5.05. The van der Waals surface area contributed by atoms with Crippen LogP contribution in [-0.2, 0) is 22.9 Å². The highest BCUT2D eigenvalue weighted by Gasteiger charge is 2.28.